The number of carbonyl (C=O) groups excluding carboxylic acids is 1. The molecule has 4 rings (SSSR count). The summed E-state index contributed by atoms with van der Waals surface area (Å²) in [6, 6.07) is 4.00. The molecule has 3 aromatic rings. The quantitative estimate of drug-likeness (QED) is 0.294. The summed E-state index contributed by atoms with van der Waals surface area (Å²) in [7, 11) is 0. The minimum absolute atomic E-state index is 0.0757. The summed E-state index contributed by atoms with van der Waals surface area (Å²) >= 11 is 4.45. The first kappa shape index (κ1) is 22.3. The maximum atomic E-state index is 13.4. The van der Waals surface area contributed by atoms with Crippen molar-refractivity contribution >= 4 is 50.6 Å². The Morgan fingerprint density at radius 1 is 1.32 bits per heavy atom. The number of likely N-dealkylation sites (N-methyl/N-ethyl adjacent to an activating group) is 1. The van der Waals surface area contributed by atoms with Gasteiger partial charge in [-0.25, -0.2) is 4.98 Å². The molecule has 31 heavy (non-hydrogen) atoms. The van der Waals surface area contributed by atoms with E-state index >= 15 is 0 Å². The molecule has 9 heteroatoms. The van der Waals surface area contributed by atoms with E-state index in [0.717, 1.165) is 43.2 Å². The summed E-state index contributed by atoms with van der Waals surface area (Å²) in [6.07, 6.45) is 1.70. The molecule has 1 fully saturated rings. The maximum Gasteiger partial charge on any atom is 0.263 e. The van der Waals surface area contributed by atoms with Gasteiger partial charge in [0.1, 0.15) is 4.83 Å². The molecule has 1 aliphatic rings. The Morgan fingerprint density at radius 2 is 2.10 bits per heavy atom. The average Bonchev–Trinajstić information content (AvgIpc) is 3.45. The Morgan fingerprint density at radius 3 is 2.74 bits per heavy atom. The lowest BCUT2D eigenvalue weighted by Gasteiger charge is -2.35. The summed E-state index contributed by atoms with van der Waals surface area (Å²) in [4.78, 5) is 37.3. The molecule has 0 aliphatic carbocycles. The van der Waals surface area contributed by atoms with Crippen LogP contribution in [0.1, 0.15) is 13.8 Å². The number of carbonyl (C=O) groups is 1. The number of piperazine rings is 1. The molecule has 0 N–H and O–H groups in total. The summed E-state index contributed by atoms with van der Waals surface area (Å²) in [5.41, 5.74) is 0.855. The maximum absolute atomic E-state index is 13.4. The van der Waals surface area contributed by atoms with Gasteiger partial charge in [-0.1, -0.05) is 30.8 Å². The monoisotopic (exact) mass is 474 g/mol. The van der Waals surface area contributed by atoms with Gasteiger partial charge in [-0.05, 0) is 24.9 Å². The fourth-order valence-electron chi connectivity index (χ4n) is 3.75. The molecule has 0 radical (unpaired) electrons. The van der Waals surface area contributed by atoms with Crippen LogP contribution in [0.25, 0.3) is 20.7 Å². The van der Waals surface area contributed by atoms with E-state index in [-0.39, 0.29) is 16.7 Å². The largest absolute Gasteiger partial charge is 0.339 e. The zero-order chi connectivity index (χ0) is 22.0. The SMILES string of the molecule is C=CCn1c(SC(C)C(=O)N2CCN(CC)CC2)nc2scc(-c3cccs3)c2c1=O. The van der Waals surface area contributed by atoms with Gasteiger partial charge in [0.05, 0.1) is 10.6 Å². The summed E-state index contributed by atoms with van der Waals surface area (Å²) in [5.74, 6) is 0.103. The van der Waals surface area contributed by atoms with E-state index in [0.29, 0.717) is 21.9 Å². The molecule has 0 aromatic carbocycles. The topological polar surface area (TPSA) is 58.4 Å². The number of hydrogen-bond donors (Lipinski definition) is 0. The van der Waals surface area contributed by atoms with Crippen molar-refractivity contribution in [3.63, 3.8) is 0 Å². The molecule has 1 amide bonds. The van der Waals surface area contributed by atoms with Gasteiger partial charge in [0.2, 0.25) is 5.91 Å². The van der Waals surface area contributed by atoms with E-state index in [9.17, 15) is 9.59 Å². The van der Waals surface area contributed by atoms with Gasteiger partial charge in [0.15, 0.2) is 5.16 Å². The van der Waals surface area contributed by atoms with E-state index in [2.05, 4.69) is 18.4 Å². The third-order valence-corrected chi connectivity index (χ3v) is 8.37. The first-order valence-corrected chi connectivity index (χ1v) is 13.0. The highest BCUT2D eigenvalue weighted by molar-refractivity contribution is 8.00. The van der Waals surface area contributed by atoms with Crippen LogP contribution < -0.4 is 5.56 Å². The fraction of sp³-hybridized carbons (Fsp3) is 0.409. The Labute approximate surface area is 194 Å². The Hall–Kier alpha value is -1.94. The first-order valence-electron chi connectivity index (χ1n) is 10.4. The van der Waals surface area contributed by atoms with Gasteiger partial charge in [-0.2, -0.15) is 0 Å². The molecule has 0 bridgehead atoms. The normalized spacial score (nSPS) is 16.0. The zero-order valence-corrected chi connectivity index (χ0v) is 20.2. The Balaban J connectivity index is 1.63. The van der Waals surface area contributed by atoms with Crippen LogP contribution in [0.4, 0.5) is 0 Å². The second kappa shape index (κ2) is 9.68. The molecule has 164 valence electrons. The molecule has 3 aromatic heterocycles. The van der Waals surface area contributed by atoms with Crippen molar-refractivity contribution in [2.24, 2.45) is 0 Å². The van der Waals surface area contributed by atoms with E-state index in [1.807, 2.05) is 34.7 Å². The predicted octanol–water partition coefficient (Wildman–Crippen LogP) is 4.02. The lowest BCUT2D eigenvalue weighted by atomic mass is 10.2. The number of thioether (sulfide) groups is 1. The molecule has 0 spiro atoms. The molecule has 6 nitrogen and oxygen atoms in total. The number of amides is 1. The Kier molecular flexibility index (Phi) is 6.95. The molecule has 1 saturated heterocycles. The van der Waals surface area contributed by atoms with E-state index in [4.69, 9.17) is 4.98 Å². The third kappa shape index (κ3) is 4.50. The number of rotatable bonds is 7. The van der Waals surface area contributed by atoms with Crippen molar-refractivity contribution in [1.82, 2.24) is 19.4 Å². The van der Waals surface area contributed by atoms with Crippen molar-refractivity contribution < 1.29 is 4.79 Å². The number of aromatic nitrogens is 2. The number of allylic oxidation sites excluding steroid dienone is 1. The van der Waals surface area contributed by atoms with Gasteiger partial charge in [-0.3, -0.25) is 14.2 Å². The molecule has 1 atom stereocenters. The van der Waals surface area contributed by atoms with Crippen molar-refractivity contribution in [1.29, 1.82) is 0 Å². The number of nitrogens with zero attached hydrogens (tertiary/aromatic N) is 4. The predicted molar refractivity (Wildman–Crippen MR) is 131 cm³/mol. The van der Waals surface area contributed by atoms with Crippen LogP contribution in [0, 0.1) is 0 Å². The van der Waals surface area contributed by atoms with Crippen LogP contribution in [-0.2, 0) is 11.3 Å². The molecule has 0 saturated carbocycles. The van der Waals surface area contributed by atoms with Gasteiger partial charge >= 0.3 is 0 Å². The summed E-state index contributed by atoms with van der Waals surface area (Å²) in [5, 5.41) is 4.91. The van der Waals surface area contributed by atoms with E-state index < -0.39 is 0 Å². The van der Waals surface area contributed by atoms with Gasteiger partial charge < -0.3 is 9.80 Å². The lowest BCUT2D eigenvalue weighted by Crippen LogP contribution is -2.50. The summed E-state index contributed by atoms with van der Waals surface area (Å²) in [6.45, 7) is 12.5. The van der Waals surface area contributed by atoms with E-state index in [1.165, 1.54) is 23.1 Å². The second-order valence-electron chi connectivity index (χ2n) is 7.43. The molecule has 4 heterocycles. The standard InChI is InChI=1S/C22H26N4O2S3/c1-4-8-26-21(28)18-16(17-7-6-13-29-17)14-30-19(18)23-22(26)31-15(3)20(27)25-11-9-24(5-2)10-12-25/h4,6-7,13-15H,1,5,8-12H2,2-3H3. The third-order valence-electron chi connectivity index (χ3n) is 5.52. The van der Waals surface area contributed by atoms with Crippen LogP contribution in [0.2, 0.25) is 0 Å². The number of thiophene rings is 2. The van der Waals surface area contributed by atoms with Crippen LogP contribution in [0.15, 0.2) is 45.5 Å². The van der Waals surface area contributed by atoms with Gasteiger partial charge in [0, 0.05) is 48.5 Å². The second-order valence-corrected chi connectivity index (χ2v) is 10.5. The van der Waals surface area contributed by atoms with Crippen LogP contribution in [0.5, 0.6) is 0 Å². The van der Waals surface area contributed by atoms with Crippen LogP contribution in [0.3, 0.4) is 0 Å². The highest BCUT2D eigenvalue weighted by atomic mass is 32.2. The number of fused-ring (bicyclic) bond motifs is 1. The summed E-state index contributed by atoms with van der Waals surface area (Å²) < 4.78 is 1.64. The van der Waals surface area contributed by atoms with E-state index in [1.54, 1.807) is 22.0 Å². The Bertz CT molecular complexity index is 1130. The van der Waals surface area contributed by atoms with Crippen molar-refractivity contribution in [2.45, 2.75) is 30.8 Å². The van der Waals surface area contributed by atoms with Gasteiger partial charge in [0.25, 0.3) is 5.56 Å². The van der Waals surface area contributed by atoms with Gasteiger partial charge in [-0.15, -0.1) is 29.3 Å². The average molecular weight is 475 g/mol. The fourth-order valence-corrected chi connectivity index (χ4v) is 6.55. The van der Waals surface area contributed by atoms with Crippen molar-refractivity contribution in [3.8, 4) is 10.4 Å². The minimum atomic E-state index is -0.315. The molecule has 1 aliphatic heterocycles. The highest BCUT2D eigenvalue weighted by Crippen LogP contribution is 2.35. The minimum Gasteiger partial charge on any atom is -0.339 e. The first-order chi connectivity index (χ1) is 15.0. The molecule has 1 unspecified atom stereocenters. The van der Waals surface area contributed by atoms with Crippen LogP contribution in [-0.4, -0.2) is 63.2 Å². The van der Waals surface area contributed by atoms with Crippen molar-refractivity contribution in [2.75, 3.05) is 32.7 Å². The molecular weight excluding hydrogens is 448 g/mol. The zero-order valence-electron chi connectivity index (χ0n) is 17.7. The van der Waals surface area contributed by atoms with Crippen molar-refractivity contribution in [3.05, 3.63) is 45.9 Å². The smallest absolute Gasteiger partial charge is 0.263 e. The number of hydrogen-bond acceptors (Lipinski definition) is 7. The lowest BCUT2D eigenvalue weighted by molar-refractivity contribution is -0.132. The van der Waals surface area contributed by atoms with Crippen LogP contribution >= 0.6 is 34.4 Å². The highest BCUT2D eigenvalue weighted by Gasteiger charge is 2.27. The molecular formula is C22H26N4O2S3.